The molecule has 4 rings (SSSR count). The van der Waals surface area contributed by atoms with Crippen LogP contribution >= 0.6 is 11.6 Å². The Morgan fingerprint density at radius 1 is 0.657 bits per heavy atom. The molecule has 0 saturated carbocycles. The van der Waals surface area contributed by atoms with E-state index in [2.05, 4.69) is 24.3 Å². The Morgan fingerprint density at radius 2 is 1.26 bits per heavy atom. The zero-order chi connectivity index (χ0) is 24.3. The van der Waals surface area contributed by atoms with E-state index in [0.717, 1.165) is 39.1 Å². The highest BCUT2D eigenvalue weighted by molar-refractivity contribution is 6.30. The van der Waals surface area contributed by atoms with Gasteiger partial charge in [-0.3, -0.25) is 0 Å². The molecule has 0 bridgehead atoms. The molecule has 4 heteroatoms. The van der Waals surface area contributed by atoms with E-state index in [1.165, 1.54) is 0 Å². The number of halogens is 1. The maximum absolute atomic E-state index is 9.86. The lowest BCUT2D eigenvalue weighted by molar-refractivity contribution is 0.0889. The van der Waals surface area contributed by atoms with Crippen LogP contribution in [0.25, 0.3) is 11.1 Å². The Bertz CT molecular complexity index is 1200. The molecule has 0 spiro atoms. The van der Waals surface area contributed by atoms with Gasteiger partial charge in [0, 0.05) is 11.6 Å². The molecule has 0 radical (unpaired) electrons. The van der Waals surface area contributed by atoms with Gasteiger partial charge in [0.2, 0.25) is 0 Å². The highest BCUT2D eigenvalue weighted by Gasteiger charge is 2.14. The molecule has 0 aliphatic rings. The number of hydrogen-bond donors (Lipinski definition) is 1. The van der Waals surface area contributed by atoms with Gasteiger partial charge < -0.3 is 14.6 Å². The summed E-state index contributed by atoms with van der Waals surface area (Å²) in [7, 11) is 0. The van der Waals surface area contributed by atoms with Gasteiger partial charge in [-0.15, -0.1) is 0 Å². The molecule has 0 atom stereocenters. The third-order valence-electron chi connectivity index (χ3n) is 5.67. The number of aliphatic hydroxyl groups excluding tert-OH is 1. The first kappa shape index (κ1) is 24.7. The monoisotopic (exact) mass is 484 g/mol. The van der Waals surface area contributed by atoms with E-state index in [1.54, 1.807) is 0 Å². The minimum atomic E-state index is 0.0610. The van der Waals surface area contributed by atoms with Crippen LogP contribution < -0.4 is 4.74 Å². The van der Waals surface area contributed by atoms with Gasteiger partial charge in [-0.2, -0.15) is 0 Å². The van der Waals surface area contributed by atoms with Gasteiger partial charge in [0.05, 0.1) is 13.2 Å². The highest BCUT2D eigenvalue weighted by Crippen LogP contribution is 2.35. The lowest BCUT2D eigenvalue weighted by Crippen LogP contribution is -2.06. The fourth-order valence-electron chi connectivity index (χ4n) is 4.00. The molecule has 0 aromatic heterocycles. The highest BCUT2D eigenvalue weighted by atomic mass is 35.5. The van der Waals surface area contributed by atoms with Crippen molar-refractivity contribution >= 4 is 22.7 Å². The van der Waals surface area contributed by atoms with Crippen molar-refractivity contribution in [3.63, 3.8) is 0 Å². The second kappa shape index (κ2) is 12.9. The summed E-state index contributed by atoms with van der Waals surface area (Å²) in [6.45, 7) is 1.63. The lowest BCUT2D eigenvalue weighted by atomic mass is 9.88. The van der Waals surface area contributed by atoms with Crippen molar-refractivity contribution in [2.45, 2.75) is 13.0 Å². The molecule has 3 nitrogen and oxygen atoms in total. The Morgan fingerprint density at radius 3 is 1.89 bits per heavy atom. The third-order valence-corrected chi connectivity index (χ3v) is 5.92. The van der Waals surface area contributed by atoms with Crippen LogP contribution in [0, 0.1) is 0 Å². The van der Waals surface area contributed by atoms with Crippen molar-refractivity contribution in [3.05, 3.63) is 136 Å². The van der Waals surface area contributed by atoms with Gasteiger partial charge in [-0.1, -0.05) is 96.5 Å². The second-order valence-corrected chi connectivity index (χ2v) is 8.55. The van der Waals surface area contributed by atoms with E-state index in [4.69, 9.17) is 21.1 Å². The van der Waals surface area contributed by atoms with E-state index in [1.807, 2.05) is 84.9 Å². The maximum Gasteiger partial charge on any atom is 0.119 e. The van der Waals surface area contributed by atoms with Crippen molar-refractivity contribution in [2.75, 3.05) is 19.8 Å². The largest absolute Gasteiger partial charge is 0.491 e. The molecule has 0 unspecified atom stereocenters. The molecule has 0 aliphatic carbocycles. The van der Waals surface area contributed by atoms with Crippen LogP contribution in [0.15, 0.2) is 109 Å². The van der Waals surface area contributed by atoms with E-state index in [-0.39, 0.29) is 6.61 Å². The Labute approximate surface area is 212 Å². The normalized spacial score (nSPS) is 11.7. The zero-order valence-corrected chi connectivity index (χ0v) is 20.3. The van der Waals surface area contributed by atoms with E-state index < -0.39 is 0 Å². The number of aliphatic hydroxyl groups is 1. The average molecular weight is 485 g/mol. The average Bonchev–Trinajstić information content (AvgIpc) is 2.91. The summed E-state index contributed by atoms with van der Waals surface area (Å²) < 4.78 is 11.6. The topological polar surface area (TPSA) is 38.7 Å². The van der Waals surface area contributed by atoms with Crippen molar-refractivity contribution in [1.29, 1.82) is 0 Å². The quantitative estimate of drug-likeness (QED) is 0.179. The number of hydrogen-bond acceptors (Lipinski definition) is 3. The van der Waals surface area contributed by atoms with Gasteiger partial charge in [-0.05, 0) is 64.1 Å². The molecule has 4 aromatic carbocycles. The fraction of sp³-hybridized carbons (Fsp3) is 0.161. The van der Waals surface area contributed by atoms with Crippen LogP contribution in [-0.2, 0) is 11.3 Å². The summed E-state index contributed by atoms with van der Waals surface area (Å²) in [6, 6.07) is 36.2. The van der Waals surface area contributed by atoms with Crippen molar-refractivity contribution in [3.8, 4) is 5.75 Å². The molecule has 1 N–H and O–H groups in total. The van der Waals surface area contributed by atoms with Gasteiger partial charge in [0.15, 0.2) is 0 Å². The minimum absolute atomic E-state index is 0.0610. The summed E-state index contributed by atoms with van der Waals surface area (Å²) >= 11 is 6.16. The van der Waals surface area contributed by atoms with Crippen LogP contribution in [0.5, 0.6) is 5.75 Å². The molecule has 0 saturated heterocycles. The summed E-state index contributed by atoms with van der Waals surface area (Å²) in [5.41, 5.74) is 6.48. The Hall–Kier alpha value is -3.37. The molecule has 0 heterocycles. The number of benzene rings is 4. The zero-order valence-electron chi connectivity index (χ0n) is 19.6. The molecule has 0 amide bonds. The summed E-state index contributed by atoms with van der Waals surface area (Å²) in [6.07, 6.45) is 0.541. The van der Waals surface area contributed by atoms with Crippen LogP contribution in [0.4, 0.5) is 0 Å². The summed E-state index contributed by atoms with van der Waals surface area (Å²) in [5, 5.41) is 10.5. The molecule has 178 valence electrons. The van der Waals surface area contributed by atoms with Crippen LogP contribution in [0.2, 0.25) is 5.02 Å². The standard InChI is InChI=1S/C31H29ClO3/c32-28-15-11-26(12-16-28)31(30(19-20-33)25-9-5-2-6-10-25)27-13-17-29(18-14-27)35-22-21-34-23-24-7-3-1-4-8-24/h1-18,33H,19-23H2/b31-30-. The first-order valence-corrected chi connectivity index (χ1v) is 12.1. The van der Waals surface area contributed by atoms with Gasteiger partial charge in [-0.25, -0.2) is 0 Å². The number of ether oxygens (including phenoxy) is 2. The van der Waals surface area contributed by atoms with E-state index in [9.17, 15) is 5.11 Å². The van der Waals surface area contributed by atoms with Crippen LogP contribution in [-0.4, -0.2) is 24.9 Å². The first-order chi connectivity index (χ1) is 17.2. The van der Waals surface area contributed by atoms with Gasteiger partial charge >= 0.3 is 0 Å². The van der Waals surface area contributed by atoms with Crippen molar-refractivity contribution < 1.29 is 14.6 Å². The lowest BCUT2D eigenvalue weighted by Gasteiger charge is -2.17. The SMILES string of the molecule is OCC/C(=C(\c1ccc(Cl)cc1)c1ccc(OCCOCc2ccccc2)cc1)c1ccccc1. The molecule has 0 aliphatic heterocycles. The fourth-order valence-corrected chi connectivity index (χ4v) is 4.12. The van der Waals surface area contributed by atoms with Gasteiger partial charge in [0.25, 0.3) is 0 Å². The van der Waals surface area contributed by atoms with Crippen LogP contribution in [0.1, 0.15) is 28.7 Å². The molecule has 35 heavy (non-hydrogen) atoms. The predicted molar refractivity (Wildman–Crippen MR) is 144 cm³/mol. The number of rotatable bonds is 11. The minimum Gasteiger partial charge on any atom is -0.491 e. The summed E-state index contributed by atoms with van der Waals surface area (Å²) in [5.74, 6) is 0.788. The van der Waals surface area contributed by atoms with Gasteiger partial charge in [0.1, 0.15) is 12.4 Å². The van der Waals surface area contributed by atoms with E-state index in [0.29, 0.717) is 31.3 Å². The molecule has 0 fully saturated rings. The smallest absolute Gasteiger partial charge is 0.119 e. The second-order valence-electron chi connectivity index (χ2n) is 8.11. The summed E-state index contributed by atoms with van der Waals surface area (Å²) in [4.78, 5) is 0. The third kappa shape index (κ3) is 7.06. The van der Waals surface area contributed by atoms with E-state index >= 15 is 0 Å². The van der Waals surface area contributed by atoms with Crippen LogP contribution in [0.3, 0.4) is 0 Å². The molecular weight excluding hydrogens is 456 g/mol. The van der Waals surface area contributed by atoms with Crippen molar-refractivity contribution in [2.24, 2.45) is 0 Å². The van der Waals surface area contributed by atoms with Crippen molar-refractivity contribution in [1.82, 2.24) is 0 Å². The maximum atomic E-state index is 9.86. The first-order valence-electron chi connectivity index (χ1n) is 11.7. The molecular formula is C31H29ClO3. The predicted octanol–water partition coefficient (Wildman–Crippen LogP) is 7.28. The Balaban J connectivity index is 1.52. The Kier molecular flexibility index (Phi) is 9.13. The molecule has 4 aromatic rings.